The van der Waals surface area contributed by atoms with Gasteiger partial charge in [0.15, 0.2) is 0 Å². The summed E-state index contributed by atoms with van der Waals surface area (Å²) in [5.74, 6) is 0.431. The highest BCUT2D eigenvalue weighted by atomic mass is 16.5. The average Bonchev–Trinajstić information content (AvgIpc) is 2.68. The molecule has 2 atom stereocenters. The fourth-order valence-corrected chi connectivity index (χ4v) is 1.54. The Balaban J connectivity index is 2.07. The third-order valence-corrected chi connectivity index (χ3v) is 2.54. The van der Waals surface area contributed by atoms with E-state index >= 15 is 0 Å². The van der Waals surface area contributed by atoms with Gasteiger partial charge >= 0.3 is 6.03 Å². The number of amides is 2. The Morgan fingerprint density at radius 1 is 1.67 bits per heavy atom. The van der Waals surface area contributed by atoms with E-state index in [-0.39, 0.29) is 12.1 Å². The van der Waals surface area contributed by atoms with Gasteiger partial charge in [-0.15, -0.1) is 0 Å². The number of nitrogens with two attached hydrogens (primary N) is 1. The zero-order valence-electron chi connectivity index (χ0n) is 9.29. The molecule has 0 aromatic heterocycles. The molecule has 0 radical (unpaired) electrons. The second kappa shape index (κ2) is 6.63. The number of carbonyl (C=O) groups excluding carboxylic acids is 1. The molecule has 0 aromatic rings. The molecule has 1 rings (SSSR count). The lowest BCUT2D eigenvalue weighted by molar-refractivity contribution is 0.188. The largest absolute Gasteiger partial charge is 0.379 e. The highest BCUT2D eigenvalue weighted by molar-refractivity contribution is 5.74. The molecule has 88 valence electrons. The Kier molecular flexibility index (Phi) is 5.42. The number of rotatable bonds is 5. The molecule has 0 aliphatic carbocycles. The van der Waals surface area contributed by atoms with E-state index in [4.69, 9.17) is 10.5 Å². The Morgan fingerprint density at radius 3 is 3.07 bits per heavy atom. The van der Waals surface area contributed by atoms with Crippen molar-refractivity contribution in [1.82, 2.24) is 10.6 Å². The Morgan fingerprint density at radius 2 is 2.47 bits per heavy atom. The van der Waals surface area contributed by atoms with Gasteiger partial charge in [0.1, 0.15) is 0 Å². The first kappa shape index (κ1) is 12.3. The highest BCUT2D eigenvalue weighted by Crippen LogP contribution is 2.03. The molecule has 1 aliphatic rings. The van der Waals surface area contributed by atoms with E-state index in [1.54, 1.807) is 0 Å². The van der Waals surface area contributed by atoms with Crippen molar-refractivity contribution < 1.29 is 9.53 Å². The van der Waals surface area contributed by atoms with Crippen LogP contribution in [0.1, 0.15) is 19.8 Å². The minimum Gasteiger partial charge on any atom is -0.379 e. The van der Waals surface area contributed by atoms with Crippen molar-refractivity contribution in [1.29, 1.82) is 0 Å². The van der Waals surface area contributed by atoms with Gasteiger partial charge in [0, 0.05) is 13.2 Å². The molecule has 0 aromatic carbocycles. The van der Waals surface area contributed by atoms with E-state index in [0.717, 1.165) is 19.4 Å². The first-order chi connectivity index (χ1) is 7.22. The van der Waals surface area contributed by atoms with Crippen molar-refractivity contribution in [2.24, 2.45) is 11.7 Å². The lowest BCUT2D eigenvalue weighted by Gasteiger charge is -2.14. The maximum atomic E-state index is 11.4. The minimum absolute atomic E-state index is 0.102. The number of urea groups is 1. The van der Waals surface area contributed by atoms with Gasteiger partial charge in [0.25, 0.3) is 0 Å². The molecule has 0 saturated carbocycles. The second-order valence-electron chi connectivity index (χ2n) is 4.10. The Bertz CT molecular complexity index is 193. The van der Waals surface area contributed by atoms with E-state index in [1.165, 1.54) is 0 Å². The summed E-state index contributed by atoms with van der Waals surface area (Å²) in [6.07, 6.45) is 1.85. The van der Waals surface area contributed by atoms with Gasteiger partial charge in [-0.05, 0) is 25.3 Å². The van der Waals surface area contributed by atoms with Crippen molar-refractivity contribution in [2.75, 3.05) is 26.3 Å². The SMILES string of the molecule is CC(CCN)CNC(=O)NC1CCOC1. The van der Waals surface area contributed by atoms with Crippen LogP contribution in [0.4, 0.5) is 4.79 Å². The molecule has 5 heteroatoms. The number of ether oxygens (including phenoxy) is 1. The predicted octanol–water partition coefficient (Wildman–Crippen LogP) is 0.0594. The van der Waals surface area contributed by atoms with Crippen LogP contribution in [0.5, 0.6) is 0 Å². The first-order valence-electron chi connectivity index (χ1n) is 5.54. The summed E-state index contributed by atoms with van der Waals surface area (Å²) < 4.78 is 5.16. The average molecular weight is 215 g/mol. The summed E-state index contributed by atoms with van der Waals surface area (Å²) in [5.41, 5.74) is 5.42. The van der Waals surface area contributed by atoms with Crippen molar-refractivity contribution in [3.63, 3.8) is 0 Å². The monoisotopic (exact) mass is 215 g/mol. The summed E-state index contributed by atoms with van der Waals surface area (Å²) in [4.78, 5) is 11.4. The third-order valence-electron chi connectivity index (χ3n) is 2.54. The van der Waals surface area contributed by atoms with E-state index in [9.17, 15) is 4.79 Å². The molecule has 1 aliphatic heterocycles. The van der Waals surface area contributed by atoms with Crippen molar-refractivity contribution >= 4 is 6.03 Å². The van der Waals surface area contributed by atoms with Crippen LogP contribution in [0.2, 0.25) is 0 Å². The van der Waals surface area contributed by atoms with E-state index < -0.39 is 0 Å². The van der Waals surface area contributed by atoms with Crippen LogP contribution >= 0.6 is 0 Å². The van der Waals surface area contributed by atoms with Crippen molar-refractivity contribution in [3.05, 3.63) is 0 Å². The lowest BCUT2D eigenvalue weighted by atomic mass is 10.1. The smallest absolute Gasteiger partial charge is 0.315 e. The van der Waals surface area contributed by atoms with Crippen LogP contribution < -0.4 is 16.4 Å². The van der Waals surface area contributed by atoms with Gasteiger partial charge < -0.3 is 21.1 Å². The summed E-state index contributed by atoms with van der Waals surface area (Å²) in [6.45, 7) is 4.80. The Hall–Kier alpha value is -0.810. The number of hydrogen-bond donors (Lipinski definition) is 3. The molecule has 4 N–H and O–H groups in total. The van der Waals surface area contributed by atoms with Crippen LogP contribution in [0.3, 0.4) is 0 Å². The highest BCUT2D eigenvalue weighted by Gasteiger charge is 2.17. The van der Waals surface area contributed by atoms with Gasteiger partial charge in [-0.2, -0.15) is 0 Å². The maximum absolute atomic E-state index is 11.4. The van der Waals surface area contributed by atoms with Crippen LogP contribution in [-0.4, -0.2) is 38.4 Å². The summed E-state index contributed by atoms with van der Waals surface area (Å²) in [5, 5.41) is 5.70. The molecule has 0 spiro atoms. The molecule has 1 heterocycles. The van der Waals surface area contributed by atoms with E-state index in [1.807, 2.05) is 0 Å². The van der Waals surface area contributed by atoms with E-state index in [0.29, 0.717) is 25.6 Å². The molecule has 5 nitrogen and oxygen atoms in total. The molecule has 2 unspecified atom stereocenters. The molecule has 15 heavy (non-hydrogen) atoms. The maximum Gasteiger partial charge on any atom is 0.315 e. The van der Waals surface area contributed by atoms with E-state index in [2.05, 4.69) is 17.6 Å². The van der Waals surface area contributed by atoms with Gasteiger partial charge in [-0.25, -0.2) is 4.79 Å². The summed E-state index contributed by atoms with van der Waals surface area (Å²) in [7, 11) is 0. The van der Waals surface area contributed by atoms with Gasteiger partial charge in [-0.3, -0.25) is 0 Å². The lowest BCUT2D eigenvalue weighted by Crippen LogP contribution is -2.43. The van der Waals surface area contributed by atoms with Crippen molar-refractivity contribution in [2.45, 2.75) is 25.8 Å². The summed E-state index contributed by atoms with van der Waals surface area (Å²) >= 11 is 0. The summed E-state index contributed by atoms with van der Waals surface area (Å²) in [6, 6.07) is 0.0733. The van der Waals surface area contributed by atoms with Crippen LogP contribution in [0.15, 0.2) is 0 Å². The topological polar surface area (TPSA) is 76.4 Å². The first-order valence-corrected chi connectivity index (χ1v) is 5.54. The number of nitrogens with one attached hydrogen (secondary N) is 2. The molecule has 2 amide bonds. The normalized spacial score (nSPS) is 22.4. The molecule has 1 fully saturated rings. The van der Waals surface area contributed by atoms with Crippen LogP contribution in [0, 0.1) is 5.92 Å². The van der Waals surface area contributed by atoms with Gasteiger partial charge in [0.05, 0.1) is 12.6 Å². The fourth-order valence-electron chi connectivity index (χ4n) is 1.54. The quantitative estimate of drug-likeness (QED) is 0.607. The predicted molar refractivity (Wildman–Crippen MR) is 58.6 cm³/mol. The van der Waals surface area contributed by atoms with Gasteiger partial charge in [-0.1, -0.05) is 6.92 Å². The number of hydrogen-bond acceptors (Lipinski definition) is 3. The second-order valence-corrected chi connectivity index (χ2v) is 4.10. The number of carbonyl (C=O) groups is 1. The van der Waals surface area contributed by atoms with Crippen LogP contribution in [0.25, 0.3) is 0 Å². The molecular weight excluding hydrogens is 194 g/mol. The zero-order valence-corrected chi connectivity index (χ0v) is 9.29. The van der Waals surface area contributed by atoms with Gasteiger partial charge in [0.2, 0.25) is 0 Å². The molecule has 1 saturated heterocycles. The molecular formula is C10H21N3O2. The van der Waals surface area contributed by atoms with Crippen molar-refractivity contribution in [3.8, 4) is 0 Å². The fraction of sp³-hybridized carbons (Fsp3) is 0.900. The third kappa shape index (κ3) is 4.99. The minimum atomic E-state index is -0.102. The van der Waals surface area contributed by atoms with Crippen LogP contribution in [-0.2, 0) is 4.74 Å². The molecule has 0 bridgehead atoms. The Labute approximate surface area is 90.7 Å². The zero-order chi connectivity index (χ0) is 11.1. The standard InChI is InChI=1S/C10H21N3O2/c1-8(2-4-11)6-12-10(14)13-9-3-5-15-7-9/h8-9H,2-7,11H2,1H3,(H2,12,13,14).